The number of likely N-dealkylation sites (tertiary alicyclic amines) is 1. The molecule has 2 unspecified atom stereocenters. The van der Waals surface area contributed by atoms with E-state index in [2.05, 4.69) is 5.10 Å². The molecule has 1 fully saturated rings. The van der Waals surface area contributed by atoms with Crippen LogP contribution in [0.25, 0.3) is 0 Å². The lowest BCUT2D eigenvalue weighted by molar-refractivity contribution is -0.122. The number of aliphatic hydroxyl groups excluding tert-OH is 1. The van der Waals surface area contributed by atoms with Crippen LogP contribution in [0.5, 0.6) is 0 Å². The third-order valence-electron chi connectivity index (χ3n) is 3.96. The molecule has 1 saturated heterocycles. The Labute approximate surface area is 118 Å². The van der Waals surface area contributed by atoms with Gasteiger partial charge in [-0.3, -0.25) is 14.4 Å². The van der Waals surface area contributed by atoms with Crippen LogP contribution in [0.3, 0.4) is 0 Å². The van der Waals surface area contributed by atoms with Crippen molar-refractivity contribution in [2.24, 2.45) is 5.73 Å². The summed E-state index contributed by atoms with van der Waals surface area (Å²) >= 11 is 0. The van der Waals surface area contributed by atoms with Crippen LogP contribution < -0.4 is 11.5 Å². The highest BCUT2D eigenvalue weighted by atomic mass is 16.3. The molecule has 112 valence electrons. The number of aromatic nitrogens is 2. The lowest BCUT2D eigenvalue weighted by atomic mass is 10.2. The average molecular weight is 281 g/mol. The first kappa shape index (κ1) is 14.8. The zero-order chi connectivity index (χ0) is 14.9. The fourth-order valence-corrected chi connectivity index (χ4v) is 2.78. The molecule has 2 atom stereocenters. The van der Waals surface area contributed by atoms with Gasteiger partial charge in [0.1, 0.15) is 0 Å². The van der Waals surface area contributed by atoms with Crippen molar-refractivity contribution in [3.8, 4) is 0 Å². The van der Waals surface area contributed by atoms with Gasteiger partial charge in [-0.05, 0) is 33.2 Å². The van der Waals surface area contributed by atoms with Crippen molar-refractivity contribution in [2.45, 2.75) is 45.4 Å². The molecular weight excluding hydrogens is 258 g/mol. The summed E-state index contributed by atoms with van der Waals surface area (Å²) in [4.78, 5) is 13.3. The summed E-state index contributed by atoms with van der Waals surface area (Å²) in [6.07, 6.45) is 1.11. The molecule has 1 aliphatic heterocycles. The molecule has 7 heteroatoms. The monoisotopic (exact) mass is 281 g/mol. The minimum atomic E-state index is -0.604. The van der Waals surface area contributed by atoms with Crippen LogP contribution in [0.15, 0.2) is 0 Å². The number of hydrogen-bond acceptors (Lipinski definition) is 5. The van der Waals surface area contributed by atoms with E-state index in [4.69, 9.17) is 11.5 Å². The first-order chi connectivity index (χ1) is 9.40. The van der Waals surface area contributed by atoms with E-state index < -0.39 is 6.10 Å². The third-order valence-corrected chi connectivity index (χ3v) is 3.96. The van der Waals surface area contributed by atoms with Crippen molar-refractivity contribution in [1.82, 2.24) is 14.7 Å². The first-order valence-corrected chi connectivity index (χ1v) is 6.91. The average Bonchev–Trinajstić information content (AvgIpc) is 2.91. The molecule has 1 aromatic heterocycles. The zero-order valence-corrected chi connectivity index (χ0v) is 12.0. The van der Waals surface area contributed by atoms with Gasteiger partial charge in [0.2, 0.25) is 5.91 Å². The molecule has 1 aromatic rings. The molecule has 0 saturated carbocycles. The second-order valence-electron chi connectivity index (χ2n) is 5.48. The summed E-state index contributed by atoms with van der Waals surface area (Å²) < 4.78 is 1.71. The standard InChI is InChI=1S/C13H23N5O2/c1-8-12(14)9(2)18(16-8)7-10(19)6-17-5-3-4-11(17)13(15)20/h10-11,19H,3-7,14H2,1-2H3,(H2,15,20). The number of hydrogen-bond donors (Lipinski definition) is 3. The van der Waals surface area contributed by atoms with Crippen LogP contribution in [-0.2, 0) is 11.3 Å². The van der Waals surface area contributed by atoms with E-state index in [1.807, 2.05) is 18.7 Å². The predicted octanol–water partition coefficient (Wildman–Crippen LogP) is -0.607. The maximum atomic E-state index is 11.3. The van der Waals surface area contributed by atoms with E-state index in [0.717, 1.165) is 30.8 Å². The highest BCUT2D eigenvalue weighted by Crippen LogP contribution is 2.18. The third kappa shape index (κ3) is 2.94. The predicted molar refractivity (Wildman–Crippen MR) is 75.9 cm³/mol. The van der Waals surface area contributed by atoms with Crippen molar-refractivity contribution in [3.63, 3.8) is 0 Å². The van der Waals surface area contributed by atoms with Crippen LogP contribution in [0.1, 0.15) is 24.2 Å². The number of anilines is 1. The molecule has 0 spiro atoms. The molecule has 2 heterocycles. The first-order valence-electron chi connectivity index (χ1n) is 6.91. The van der Waals surface area contributed by atoms with Crippen LogP contribution in [0.4, 0.5) is 5.69 Å². The van der Waals surface area contributed by atoms with Gasteiger partial charge >= 0.3 is 0 Å². The van der Waals surface area contributed by atoms with E-state index in [1.165, 1.54) is 0 Å². The second-order valence-corrected chi connectivity index (χ2v) is 5.48. The number of β-amino-alcohol motifs (C(OH)–C–C–N with tert-alkyl or cyclic N) is 1. The van der Waals surface area contributed by atoms with Gasteiger partial charge in [0, 0.05) is 6.54 Å². The maximum Gasteiger partial charge on any atom is 0.234 e. The quantitative estimate of drug-likeness (QED) is 0.667. The topological polar surface area (TPSA) is 110 Å². The van der Waals surface area contributed by atoms with Gasteiger partial charge in [0.05, 0.1) is 35.8 Å². The number of nitrogens with zero attached hydrogens (tertiary/aromatic N) is 3. The molecule has 20 heavy (non-hydrogen) atoms. The molecule has 0 aromatic carbocycles. The van der Waals surface area contributed by atoms with Gasteiger partial charge in [0.25, 0.3) is 0 Å². The van der Waals surface area contributed by atoms with Crippen LogP contribution in [-0.4, -0.2) is 50.9 Å². The van der Waals surface area contributed by atoms with Crippen LogP contribution in [0.2, 0.25) is 0 Å². The van der Waals surface area contributed by atoms with Crippen molar-refractivity contribution in [3.05, 3.63) is 11.4 Å². The minimum absolute atomic E-state index is 0.254. The number of carbonyl (C=O) groups excluding carboxylic acids is 1. The number of carbonyl (C=O) groups is 1. The van der Waals surface area contributed by atoms with Crippen molar-refractivity contribution in [2.75, 3.05) is 18.8 Å². The number of primary amides is 1. The van der Waals surface area contributed by atoms with Gasteiger partial charge in [-0.15, -0.1) is 0 Å². The second kappa shape index (κ2) is 5.80. The van der Waals surface area contributed by atoms with Crippen molar-refractivity contribution < 1.29 is 9.90 Å². The number of nitrogens with two attached hydrogens (primary N) is 2. The lowest BCUT2D eigenvalue weighted by Crippen LogP contribution is -2.44. The summed E-state index contributed by atoms with van der Waals surface area (Å²) in [7, 11) is 0. The summed E-state index contributed by atoms with van der Waals surface area (Å²) in [6.45, 7) is 5.31. The van der Waals surface area contributed by atoms with E-state index >= 15 is 0 Å². The van der Waals surface area contributed by atoms with E-state index in [1.54, 1.807) is 4.68 Å². The Morgan fingerprint density at radius 2 is 2.20 bits per heavy atom. The molecule has 5 N–H and O–H groups in total. The molecule has 0 radical (unpaired) electrons. The van der Waals surface area contributed by atoms with Crippen molar-refractivity contribution in [1.29, 1.82) is 0 Å². The van der Waals surface area contributed by atoms with Gasteiger partial charge in [-0.2, -0.15) is 5.10 Å². The number of rotatable bonds is 5. The Morgan fingerprint density at radius 3 is 2.75 bits per heavy atom. The SMILES string of the molecule is Cc1nn(CC(O)CN2CCCC2C(N)=O)c(C)c1N. The molecule has 0 aliphatic carbocycles. The Balaban J connectivity index is 1.97. The highest BCUT2D eigenvalue weighted by molar-refractivity contribution is 5.80. The smallest absolute Gasteiger partial charge is 0.234 e. The van der Waals surface area contributed by atoms with E-state index in [0.29, 0.717) is 18.8 Å². The van der Waals surface area contributed by atoms with Crippen molar-refractivity contribution >= 4 is 11.6 Å². The zero-order valence-electron chi connectivity index (χ0n) is 12.0. The van der Waals surface area contributed by atoms with Crippen LogP contribution in [0, 0.1) is 13.8 Å². The Hall–Kier alpha value is -1.60. The maximum absolute atomic E-state index is 11.3. The van der Waals surface area contributed by atoms with E-state index in [-0.39, 0.29) is 11.9 Å². The van der Waals surface area contributed by atoms with Gasteiger partial charge in [-0.25, -0.2) is 0 Å². The molecule has 1 aliphatic rings. The number of aryl methyl sites for hydroxylation is 1. The minimum Gasteiger partial charge on any atom is -0.396 e. The van der Waals surface area contributed by atoms with Gasteiger partial charge < -0.3 is 16.6 Å². The molecular formula is C13H23N5O2. The summed E-state index contributed by atoms with van der Waals surface area (Å²) in [5.74, 6) is -0.315. The normalized spacial score (nSPS) is 21.2. The molecule has 0 bridgehead atoms. The number of amides is 1. The fourth-order valence-electron chi connectivity index (χ4n) is 2.78. The Morgan fingerprint density at radius 1 is 1.50 bits per heavy atom. The number of nitrogen functional groups attached to an aromatic ring is 1. The number of aliphatic hydroxyl groups is 1. The molecule has 7 nitrogen and oxygen atoms in total. The summed E-state index contributed by atoms with van der Waals surface area (Å²) in [6, 6.07) is -0.254. The molecule has 1 amide bonds. The van der Waals surface area contributed by atoms with Gasteiger partial charge in [-0.1, -0.05) is 0 Å². The van der Waals surface area contributed by atoms with Gasteiger partial charge in [0.15, 0.2) is 0 Å². The lowest BCUT2D eigenvalue weighted by Gasteiger charge is -2.24. The van der Waals surface area contributed by atoms with E-state index in [9.17, 15) is 9.90 Å². The molecule has 2 rings (SSSR count). The Kier molecular flexibility index (Phi) is 4.29. The fraction of sp³-hybridized carbons (Fsp3) is 0.692. The summed E-state index contributed by atoms with van der Waals surface area (Å²) in [5.41, 5.74) is 13.5. The van der Waals surface area contributed by atoms with Crippen LogP contribution >= 0.6 is 0 Å². The summed E-state index contributed by atoms with van der Waals surface area (Å²) in [5, 5.41) is 14.5. The largest absolute Gasteiger partial charge is 0.396 e. The highest BCUT2D eigenvalue weighted by Gasteiger charge is 2.30. The Bertz CT molecular complexity index is 499.